The van der Waals surface area contributed by atoms with Gasteiger partial charge in [0.15, 0.2) is 0 Å². The molecule has 1 aromatic carbocycles. The first-order chi connectivity index (χ1) is 8.47. The molecule has 2 N–H and O–H groups in total. The normalized spacial score (nSPS) is 10.7. The van der Waals surface area contributed by atoms with Gasteiger partial charge in [-0.25, -0.2) is 0 Å². The van der Waals surface area contributed by atoms with Gasteiger partial charge in [0, 0.05) is 18.8 Å². The van der Waals surface area contributed by atoms with Crippen molar-refractivity contribution in [2.45, 2.75) is 27.4 Å². The Bertz CT molecular complexity index is 573. The molecule has 2 rings (SSSR count). The molecule has 0 spiro atoms. The number of rotatable bonds is 3. The van der Waals surface area contributed by atoms with Gasteiger partial charge < -0.3 is 10.5 Å². The lowest BCUT2D eigenvalue weighted by Crippen LogP contribution is -2.04. The maximum absolute atomic E-state index is 5.89. The summed E-state index contributed by atoms with van der Waals surface area (Å²) in [6, 6.07) is 5.94. The molecule has 0 saturated carbocycles. The van der Waals surface area contributed by atoms with Crippen molar-refractivity contribution in [3.05, 3.63) is 40.7 Å². The highest BCUT2D eigenvalue weighted by molar-refractivity contribution is 5.54. The summed E-state index contributed by atoms with van der Waals surface area (Å²) in [6.45, 7) is 6.49. The minimum absolute atomic E-state index is 0.501. The van der Waals surface area contributed by atoms with Crippen LogP contribution in [-0.4, -0.2) is 9.78 Å². The quantitative estimate of drug-likeness (QED) is 0.845. The highest BCUT2D eigenvalue weighted by Crippen LogP contribution is 2.25. The summed E-state index contributed by atoms with van der Waals surface area (Å²) in [4.78, 5) is 0. The van der Waals surface area contributed by atoms with Gasteiger partial charge >= 0.3 is 0 Å². The predicted octanol–water partition coefficient (Wildman–Crippen LogP) is 2.51. The summed E-state index contributed by atoms with van der Waals surface area (Å²) < 4.78 is 7.65. The van der Waals surface area contributed by atoms with E-state index in [0.717, 1.165) is 34.0 Å². The standard InChI is InChI=1S/C14H19N3O/c1-9-5-10(2)14(7-13(9)15)18-8-12-6-11(3)16-17(12)4/h5-7H,8,15H2,1-4H3. The number of nitrogen functional groups attached to an aromatic ring is 1. The highest BCUT2D eigenvalue weighted by Gasteiger charge is 2.06. The van der Waals surface area contributed by atoms with Crippen molar-refractivity contribution in [1.82, 2.24) is 9.78 Å². The van der Waals surface area contributed by atoms with Crippen LogP contribution in [0.1, 0.15) is 22.5 Å². The molecule has 2 aromatic rings. The average Bonchev–Trinajstić information content (AvgIpc) is 2.61. The Labute approximate surface area is 107 Å². The molecule has 0 aliphatic heterocycles. The zero-order valence-corrected chi connectivity index (χ0v) is 11.3. The van der Waals surface area contributed by atoms with E-state index in [1.54, 1.807) is 0 Å². The van der Waals surface area contributed by atoms with Crippen molar-refractivity contribution in [2.24, 2.45) is 7.05 Å². The third kappa shape index (κ3) is 2.47. The van der Waals surface area contributed by atoms with Crippen LogP contribution in [0.4, 0.5) is 5.69 Å². The Morgan fingerprint density at radius 1 is 1.17 bits per heavy atom. The molecule has 0 amide bonds. The smallest absolute Gasteiger partial charge is 0.130 e. The molecule has 0 saturated heterocycles. The van der Waals surface area contributed by atoms with E-state index in [-0.39, 0.29) is 0 Å². The second-order valence-corrected chi connectivity index (χ2v) is 4.66. The van der Waals surface area contributed by atoms with Crippen molar-refractivity contribution >= 4 is 5.69 Å². The van der Waals surface area contributed by atoms with Crippen LogP contribution in [0.25, 0.3) is 0 Å². The predicted molar refractivity (Wildman–Crippen MR) is 72.6 cm³/mol. The largest absolute Gasteiger partial charge is 0.487 e. The molecule has 4 heteroatoms. The summed E-state index contributed by atoms with van der Waals surface area (Å²) in [5.41, 5.74) is 10.9. The third-order valence-electron chi connectivity index (χ3n) is 3.04. The van der Waals surface area contributed by atoms with Gasteiger partial charge in [-0.2, -0.15) is 5.10 Å². The van der Waals surface area contributed by atoms with Gasteiger partial charge in [-0.1, -0.05) is 6.07 Å². The molecule has 18 heavy (non-hydrogen) atoms. The number of aryl methyl sites for hydroxylation is 4. The lowest BCUT2D eigenvalue weighted by molar-refractivity contribution is 0.293. The summed E-state index contributed by atoms with van der Waals surface area (Å²) in [5, 5.41) is 4.29. The molecule has 1 heterocycles. The van der Waals surface area contributed by atoms with Crippen molar-refractivity contribution in [3.8, 4) is 5.75 Å². The van der Waals surface area contributed by atoms with E-state index in [9.17, 15) is 0 Å². The number of nitrogens with zero attached hydrogens (tertiary/aromatic N) is 2. The van der Waals surface area contributed by atoms with Crippen LogP contribution in [0, 0.1) is 20.8 Å². The minimum atomic E-state index is 0.501. The SMILES string of the molecule is Cc1cc(COc2cc(N)c(C)cc2C)n(C)n1. The molecule has 0 bridgehead atoms. The lowest BCUT2D eigenvalue weighted by Gasteiger charge is -2.11. The molecule has 96 valence electrons. The van der Waals surface area contributed by atoms with Crippen LogP contribution < -0.4 is 10.5 Å². The van der Waals surface area contributed by atoms with Gasteiger partial charge in [0.2, 0.25) is 0 Å². The van der Waals surface area contributed by atoms with Gasteiger partial charge in [0.05, 0.1) is 11.4 Å². The zero-order valence-electron chi connectivity index (χ0n) is 11.3. The first-order valence-electron chi connectivity index (χ1n) is 5.96. The van der Waals surface area contributed by atoms with Crippen molar-refractivity contribution in [1.29, 1.82) is 0 Å². The Morgan fingerprint density at radius 2 is 1.89 bits per heavy atom. The second-order valence-electron chi connectivity index (χ2n) is 4.66. The van der Waals surface area contributed by atoms with Crippen LogP contribution in [-0.2, 0) is 13.7 Å². The molecule has 0 fully saturated rings. The summed E-state index contributed by atoms with van der Waals surface area (Å²) >= 11 is 0. The number of anilines is 1. The van der Waals surface area contributed by atoms with Gasteiger partial charge in [0.25, 0.3) is 0 Å². The maximum atomic E-state index is 5.89. The number of benzene rings is 1. The molecule has 0 radical (unpaired) electrons. The van der Waals surface area contributed by atoms with Gasteiger partial charge in [-0.3, -0.25) is 4.68 Å². The van der Waals surface area contributed by atoms with Crippen LogP contribution in [0.5, 0.6) is 5.75 Å². The van der Waals surface area contributed by atoms with Crippen LogP contribution in [0.2, 0.25) is 0 Å². The summed E-state index contributed by atoms with van der Waals surface area (Å²) in [7, 11) is 1.92. The average molecular weight is 245 g/mol. The van der Waals surface area contributed by atoms with Crippen molar-refractivity contribution in [2.75, 3.05) is 5.73 Å². The van der Waals surface area contributed by atoms with E-state index in [1.807, 2.05) is 50.7 Å². The van der Waals surface area contributed by atoms with Gasteiger partial charge in [0.1, 0.15) is 12.4 Å². The minimum Gasteiger partial charge on any atom is -0.487 e. The second kappa shape index (κ2) is 4.72. The van der Waals surface area contributed by atoms with Crippen LogP contribution >= 0.6 is 0 Å². The fourth-order valence-corrected chi connectivity index (χ4v) is 1.95. The highest BCUT2D eigenvalue weighted by atomic mass is 16.5. The molecule has 0 aliphatic carbocycles. The number of hydrogen-bond acceptors (Lipinski definition) is 3. The molecular weight excluding hydrogens is 226 g/mol. The van der Waals surface area contributed by atoms with E-state index < -0.39 is 0 Å². The number of nitrogens with two attached hydrogens (primary N) is 1. The van der Waals surface area contributed by atoms with Crippen molar-refractivity contribution in [3.63, 3.8) is 0 Å². The molecule has 0 unspecified atom stereocenters. The zero-order chi connectivity index (χ0) is 13.3. The third-order valence-corrected chi connectivity index (χ3v) is 3.04. The van der Waals surface area contributed by atoms with E-state index in [2.05, 4.69) is 5.10 Å². The topological polar surface area (TPSA) is 53.1 Å². The first-order valence-corrected chi connectivity index (χ1v) is 5.96. The molecule has 4 nitrogen and oxygen atoms in total. The summed E-state index contributed by atoms with van der Waals surface area (Å²) in [6.07, 6.45) is 0. The summed E-state index contributed by atoms with van der Waals surface area (Å²) in [5.74, 6) is 0.831. The Morgan fingerprint density at radius 3 is 2.50 bits per heavy atom. The molecular formula is C14H19N3O. The Balaban J connectivity index is 2.15. The van der Waals surface area contributed by atoms with Crippen LogP contribution in [0.15, 0.2) is 18.2 Å². The molecule has 0 aliphatic rings. The monoisotopic (exact) mass is 245 g/mol. The van der Waals surface area contributed by atoms with Gasteiger partial charge in [-0.05, 0) is 38.0 Å². The molecule has 0 atom stereocenters. The number of aromatic nitrogens is 2. The lowest BCUT2D eigenvalue weighted by atomic mass is 10.1. The Hall–Kier alpha value is -1.97. The van der Waals surface area contributed by atoms with E-state index >= 15 is 0 Å². The van der Waals surface area contributed by atoms with Gasteiger partial charge in [-0.15, -0.1) is 0 Å². The fourth-order valence-electron chi connectivity index (χ4n) is 1.95. The van der Waals surface area contributed by atoms with E-state index in [1.165, 1.54) is 0 Å². The van der Waals surface area contributed by atoms with Crippen LogP contribution in [0.3, 0.4) is 0 Å². The molecule has 1 aromatic heterocycles. The first kappa shape index (κ1) is 12.5. The van der Waals surface area contributed by atoms with Crippen molar-refractivity contribution < 1.29 is 4.74 Å². The maximum Gasteiger partial charge on any atom is 0.130 e. The Kier molecular flexibility index (Phi) is 3.28. The van der Waals surface area contributed by atoms with E-state index in [4.69, 9.17) is 10.5 Å². The number of hydrogen-bond donors (Lipinski definition) is 1. The number of ether oxygens (including phenoxy) is 1. The van der Waals surface area contributed by atoms with E-state index in [0.29, 0.717) is 6.61 Å². The fraction of sp³-hybridized carbons (Fsp3) is 0.357.